The second-order valence-corrected chi connectivity index (χ2v) is 5.04. The molecular formula is C14H18ClNO2. The second kappa shape index (κ2) is 6.19. The van der Waals surface area contributed by atoms with Crippen LogP contribution < -0.4 is 0 Å². The quantitative estimate of drug-likeness (QED) is 0.621. The summed E-state index contributed by atoms with van der Waals surface area (Å²) in [6.45, 7) is 2.31. The van der Waals surface area contributed by atoms with Gasteiger partial charge in [0.05, 0.1) is 12.5 Å². The second-order valence-electron chi connectivity index (χ2n) is 4.68. The van der Waals surface area contributed by atoms with Gasteiger partial charge < -0.3 is 4.74 Å². The zero-order valence-corrected chi connectivity index (χ0v) is 11.3. The molecule has 0 atom stereocenters. The van der Waals surface area contributed by atoms with Crippen LogP contribution in [0, 0.1) is 5.92 Å². The van der Waals surface area contributed by atoms with Gasteiger partial charge in [0.2, 0.25) is 0 Å². The first kappa shape index (κ1) is 13.3. The molecule has 0 spiro atoms. The van der Waals surface area contributed by atoms with E-state index in [0.29, 0.717) is 17.7 Å². The van der Waals surface area contributed by atoms with Crippen LogP contribution in [0.25, 0.3) is 0 Å². The van der Waals surface area contributed by atoms with Crippen LogP contribution in [0.2, 0.25) is 5.15 Å². The van der Waals surface area contributed by atoms with E-state index in [4.69, 9.17) is 16.3 Å². The molecule has 98 valence electrons. The highest BCUT2D eigenvalue weighted by Gasteiger charge is 2.28. The van der Waals surface area contributed by atoms with Crippen molar-refractivity contribution in [2.75, 3.05) is 6.61 Å². The number of rotatable bonds is 3. The molecule has 0 N–H and O–H groups in total. The van der Waals surface area contributed by atoms with Crippen LogP contribution in [-0.2, 0) is 9.53 Å². The number of hydrogen-bond donors (Lipinski definition) is 0. The van der Waals surface area contributed by atoms with Crippen molar-refractivity contribution in [3.8, 4) is 0 Å². The molecule has 0 aromatic carbocycles. The average Bonchev–Trinajstić information content (AvgIpc) is 2.40. The van der Waals surface area contributed by atoms with Crippen molar-refractivity contribution in [1.29, 1.82) is 0 Å². The average molecular weight is 268 g/mol. The minimum absolute atomic E-state index is 0.0479. The van der Waals surface area contributed by atoms with Gasteiger partial charge in [-0.1, -0.05) is 17.7 Å². The van der Waals surface area contributed by atoms with Gasteiger partial charge in [0, 0.05) is 6.20 Å². The van der Waals surface area contributed by atoms with Gasteiger partial charge in [-0.15, -0.1) is 0 Å². The van der Waals surface area contributed by atoms with Crippen molar-refractivity contribution in [2.24, 2.45) is 5.92 Å². The molecule has 1 fully saturated rings. The van der Waals surface area contributed by atoms with Crippen LogP contribution in [0.1, 0.15) is 44.1 Å². The summed E-state index contributed by atoms with van der Waals surface area (Å²) in [5.41, 5.74) is 1.11. The Morgan fingerprint density at radius 2 is 2.17 bits per heavy atom. The van der Waals surface area contributed by atoms with Crippen molar-refractivity contribution < 1.29 is 9.53 Å². The molecule has 0 unspecified atom stereocenters. The van der Waals surface area contributed by atoms with Crippen molar-refractivity contribution in [3.63, 3.8) is 0 Å². The van der Waals surface area contributed by atoms with Gasteiger partial charge in [-0.25, -0.2) is 4.98 Å². The number of hydrogen-bond acceptors (Lipinski definition) is 3. The SMILES string of the molecule is CCOC(=O)[C@H]1CC[C@H](c2cccnc2Cl)CC1. The molecule has 4 heteroatoms. The number of esters is 1. The Balaban J connectivity index is 1.95. The van der Waals surface area contributed by atoms with E-state index in [1.807, 2.05) is 19.1 Å². The molecule has 1 aromatic rings. The number of nitrogens with zero attached hydrogens (tertiary/aromatic N) is 1. The van der Waals surface area contributed by atoms with Crippen LogP contribution in [0.15, 0.2) is 18.3 Å². The molecule has 18 heavy (non-hydrogen) atoms. The highest BCUT2D eigenvalue weighted by molar-refractivity contribution is 6.30. The minimum atomic E-state index is -0.0479. The van der Waals surface area contributed by atoms with E-state index in [-0.39, 0.29) is 11.9 Å². The molecule has 1 heterocycles. The summed E-state index contributed by atoms with van der Waals surface area (Å²) < 4.78 is 5.07. The fourth-order valence-corrected chi connectivity index (χ4v) is 2.88. The monoisotopic (exact) mass is 267 g/mol. The molecule has 0 bridgehead atoms. The Bertz CT molecular complexity index is 414. The molecule has 0 saturated heterocycles. The first-order chi connectivity index (χ1) is 8.72. The molecule has 1 saturated carbocycles. The predicted octanol–water partition coefficient (Wildman–Crippen LogP) is 3.57. The van der Waals surface area contributed by atoms with E-state index >= 15 is 0 Å². The van der Waals surface area contributed by atoms with E-state index in [1.54, 1.807) is 6.20 Å². The fraction of sp³-hybridized carbons (Fsp3) is 0.571. The molecule has 1 aliphatic rings. The largest absolute Gasteiger partial charge is 0.466 e. The number of carbonyl (C=O) groups is 1. The molecule has 0 radical (unpaired) electrons. The Morgan fingerprint density at radius 3 is 2.78 bits per heavy atom. The molecule has 1 aromatic heterocycles. The lowest BCUT2D eigenvalue weighted by atomic mass is 9.79. The molecule has 3 nitrogen and oxygen atoms in total. The molecule has 0 amide bonds. The van der Waals surface area contributed by atoms with Crippen LogP contribution in [0.4, 0.5) is 0 Å². The van der Waals surface area contributed by atoms with Crippen molar-refractivity contribution >= 4 is 17.6 Å². The van der Waals surface area contributed by atoms with Gasteiger partial charge in [-0.2, -0.15) is 0 Å². The smallest absolute Gasteiger partial charge is 0.308 e. The van der Waals surface area contributed by atoms with Gasteiger partial charge >= 0.3 is 5.97 Å². The third-order valence-electron chi connectivity index (χ3n) is 3.57. The highest BCUT2D eigenvalue weighted by atomic mass is 35.5. The molecular weight excluding hydrogens is 250 g/mol. The topological polar surface area (TPSA) is 39.2 Å². The van der Waals surface area contributed by atoms with Gasteiger partial charge in [0.1, 0.15) is 5.15 Å². The lowest BCUT2D eigenvalue weighted by Crippen LogP contribution is -2.23. The lowest BCUT2D eigenvalue weighted by molar-refractivity contribution is -0.149. The first-order valence-corrected chi connectivity index (χ1v) is 6.87. The maximum Gasteiger partial charge on any atom is 0.308 e. The van der Waals surface area contributed by atoms with E-state index in [1.165, 1.54) is 0 Å². The summed E-state index contributed by atoms with van der Waals surface area (Å²) in [5.74, 6) is 0.446. The van der Waals surface area contributed by atoms with E-state index in [2.05, 4.69) is 4.98 Å². The maximum atomic E-state index is 11.6. The summed E-state index contributed by atoms with van der Waals surface area (Å²) >= 11 is 6.10. The van der Waals surface area contributed by atoms with E-state index < -0.39 is 0 Å². The summed E-state index contributed by atoms with van der Waals surface area (Å²) in [7, 11) is 0. The van der Waals surface area contributed by atoms with Gasteiger partial charge in [-0.3, -0.25) is 4.79 Å². The lowest BCUT2D eigenvalue weighted by Gasteiger charge is -2.27. The first-order valence-electron chi connectivity index (χ1n) is 6.49. The summed E-state index contributed by atoms with van der Waals surface area (Å²) in [4.78, 5) is 15.8. The van der Waals surface area contributed by atoms with Gasteiger partial charge in [-0.05, 0) is 50.2 Å². The van der Waals surface area contributed by atoms with Crippen LogP contribution in [0.5, 0.6) is 0 Å². The fourth-order valence-electron chi connectivity index (χ4n) is 2.60. The number of halogens is 1. The van der Waals surface area contributed by atoms with E-state index in [0.717, 1.165) is 31.2 Å². The highest BCUT2D eigenvalue weighted by Crippen LogP contribution is 2.38. The standard InChI is InChI=1S/C14H18ClNO2/c1-2-18-14(17)11-7-5-10(6-8-11)12-4-3-9-16-13(12)15/h3-4,9-11H,2,5-8H2,1H3/t10-,11-. The summed E-state index contributed by atoms with van der Waals surface area (Å²) in [6, 6.07) is 3.95. The van der Waals surface area contributed by atoms with Crippen molar-refractivity contribution in [2.45, 2.75) is 38.5 Å². The molecule has 2 rings (SSSR count). The minimum Gasteiger partial charge on any atom is -0.466 e. The maximum absolute atomic E-state index is 11.6. The zero-order valence-electron chi connectivity index (χ0n) is 10.6. The Labute approximate surface area is 113 Å². The Kier molecular flexibility index (Phi) is 4.59. The van der Waals surface area contributed by atoms with Gasteiger partial charge in [0.15, 0.2) is 0 Å². The molecule has 0 aliphatic heterocycles. The third kappa shape index (κ3) is 3.02. The number of ether oxygens (including phenoxy) is 1. The normalized spacial score (nSPS) is 23.7. The number of pyridine rings is 1. The Morgan fingerprint density at radius 1 is 1.44 bits per heavy atom. The van der Waals surface area contributed by atoms with E-state index in [9.17, 15) is 4.79 Å². The van der Waals surface area contributed by atoms with Crippen molar-refractivity contribution in [3.05, 3.63) is 29.0 Å². The summed E-state index contributed by atoms with van der Waals surface area (Å²) in [6.07, 6.45) is 5.43. The molecule has 1 aliphatic carbocycles. The predicted molar refractivity (Wildman–Crippen MR) is 70.6 cm³/mol. The Hall–Kier alpha value is -1.09. The van der Waals surface area contributed by atoms with Crippen LogP contribution >= 0.6 is 11.6 Å². The number of aromatic nitrogens is 1. The van der Waals surface area contributed by atoms with Crippen LogP contribution in [0.3, 0.4) is 0 Å². The van der Waals surface area contributed by atoms with Crippen LogP contribution in [-0.4, -0.2) is 17.6 Å². The third-order valence-corrected chi connectivity index (χ3v) is 3.89. The van der Waals surface area contributed by atoms with Crippen molar-refractivity contribution in [1.82, 2.24) is 4.98 Å². The summed E-state index contributed by atoms with van der Waals surface area (Å²) in [5, 5.41) is 0.595. The van der Waals surface area contributed by atoms with Gasteiger partial charge in [0.25, 0.3) is 0 Å². The zero-order chi connectivity index (χ0) is 13.0. The number of carbonyl (C=O) groups excluding carboxylic acids is 1.